The van der Waals surface area contributed by atoms with Gasteiger partial charge in [-0.25, -0.2) is 0 Å². The minimum absolute atomic E-state index is 0.375. The molecule has 1 N–H and O–H groups in total. The highest BCUT2D eigenvalue weighted by molar-refractivity contribution is 6.30. The topological polar surface area (TPSA) is 12.0 Å². The molecule has 0 heterocycles. The van der Waals surface area contributed by atoms with Crippen molar-refractivity contribution in [3.05, 3.63) is 47.0 Å². The zero-order valence-corrected chi connectivity index (χ0v) is 9.72. The van der Waals surface area contributed by atoms with Gasteiger partial charge in [-0.2, -0.15) is 0 Å². The van der Waals surface area contributed by atoms with Crippen molar-refractivity contribution >= 4 is 11.6 Å². The Hall–Kier alpha value is -0.790. The molecule has 2 heteroatoms. The number of hydrogen-bond acceptors (Lipinski definition) is 1. The van der Waals surface area contributed by atoms with Crippen molar-refractivity contribution in [1.29, 1.82) is 0 Å². The van der Waals surface area contributed by atoms with Crippen LogP contribution in [0.3, 0.4) is 0 Å². The molecule has 2 atom stereocenters. The fourth-order valence-electron chi connectivity index (χ4n) is 2.14. The molecule has 0 saturated carbocycles. The lowest BCUT2D eigenvalue weighted by Gasteiger charge is -2.15. The predicted octanol–water partition coefficient (Wildman–Crippen LogP) is 2.97. The van der Waals surface area contributed by atoms with E-state index in [4.69, 9.17) is 11.6 Å². The number of rotatable bonds is 3. The van der Waals surface area contributed by atoms with E-state index < -0.39 is 0 Å². The second kappa shape index (κ2) is 4.38. The first-order valence-electron chi connectivity index (χ1n) is 5.35. The monoisotopic (exact) mass is 221 g/mol. The molecule has 0 radical (unpaired) electrons. The van der Waals surface area contributed by atoms with Gasteiger partial charge in [-0.1, -0.05) is 23.7 Å². The van der Waals surface area contributed by atoms with E-state index in [1.54, 1.807) is 0 Å². The zero-order chi connectivity index (χ0) is 10.8. The molecule has 0 amide bonds. The van der Waals surface area contributed by atoms with E-state index in [2.05, 4.69) is 31.0 Å². The molecule has 0 aromatic heterocycles. The molecule has 1 aromatic carbocycles. The maximum Gasteiger partial charge on any atom is 0.0408 e. The van der Waals surface area contributed by atoms with Crippen LogP contribution in [0.15, 0.2) is 30.9 Å². The lowest BCUT2D eigenvalue weighted by atomic mass is 10.1. The maximum absolute atomic E-state index is 5.97. The van der Waals surface area contributed by atoms with Crippen LogP contribution in [0.2, 0.25) is 5.02 Å². The summed E-state index contributed by atoms with van der Waals surface area (Å²) < 4.78 is 0. The third-order valence-corrected chi connectivity index (χ3v) is 3.19. The summed E-state index contributed by atoms with van der Waals surface area (Å²) in [5.41, 5.74) is 2.81. The van der Waals surface area contributed by atoms with Crippen LogP contribution in [-0.2, 0) is 12.8 Å². The van der Waals surface area contributed by atoms with Crippen molar-refractivity contribution in [1.82, 2.24) is 5.32 Å². The van der Waals surface area contributed by atoms with Crippen molar-refractivity contribution in [3.63, 3.8) is 0 Å². The van der Waals surface area contributed by atoms with Gasteiger partial charge < -0.3 is 5.32 Å². The van der Waals surface area contributed by atoms with E-state index in [1.807, 2.05) is 12.1 Å². The first-order valence-corrected chi connectivity index (χ1v) is 5.72. The lowest BCUT2D eigenvalue weighted by molar-refractivity contribution is 0.503. The van der Waals surface area contributed by atoms with Crippen LogP contribution in [0.5, 0.6) is 0 Å². The van der Waals surface area contributed by atoms with E-state index in [1.165, 1.54) is 11.1 Å². The summed E-state index contributed by atoms with van der Waals surface area (Å²) in [6.45, 7) is 5.91. The largest absolute Gasteiger partial charge is 0.307 e. The van der Waals surface area contributed by atoms with Crippen LogP contribution in [0.25, 0.3) is 0 Å². The van der Waals surface area contributed by atoms with Crippen LogP contribution < -0.4 is 5.32 Å². The highest BCUT2D eigenvalue weighted by atomic mass is 35.5. The van der Waals surface area contributed by atoms with Gasteiger partial charge in [0, 0.05) is 17.1 Å². The first kappa shape index (κ1) is 10.7. The van der Waals surface area contributed by atoms with Crippen molar-refractivity contribution in [3.8, 4) is 0 Å². The molecule has 1 aliphatic carbocycles. The molecule has 2 rings (SSSR count). The Bertz CT molecular complexity index is 373. The van der Waals surface area contributed by atoms with E-state index in [0.29, 0.717) is 12.1 Å². The molecule has 0 bridgehead atoms. The van der Waals surface area contributed by atoms with Gasteiger partial charge in [-0.05, 0) is 43.0 Å². The Morgan fingerprint density at radius 3 is 2.93 bits per heavy atom. The van der Waals surface area contributed by atoms with Gasteiger partial charge in [0.2, 0.25) is 0 Å². The SMILES string of the molecule is C=CC(C)NC1Cc2ccc(Cl)cc2C1. The third-order valence-electron chi connectivity index (χ3n) is 2.95. The summed E-state index contributed by atoms with van der Waals surface area (Å²) in [5, 5.41) is 4.37. The zero-order valence-electron chi connectivity index (χ0n) is 8.96. The van der Waals surface area contributed by atoms with Crippen molar-refractivity contribution in [2.75, 3.05) is 0 Å². The van der Waals surface area contributed by atoms with Crippen molar-refractivity contribution in [2.24, 2.45) is 0 Å². The molecule has 1 aliphatic rings. The molecular formula is C13H16ClN. The molecule has 0 spiro atoms. The average Bonchev–Trinajstić information content (AvgIpc) is 2.59. The Balaban J connectivity index is 2.06. The van der Waals surface area contributed by atoms with Crippen LogP contribution in [-0.4, -0.2) is 12.1 Å². The first-order chi connectivity index (χ1) is 7.19. The predicted molar refractivity (Wildman–Crippen MR) is 65.4 cm³/mol. The van der Waals surface area contributed by atoms with E-state index in [9.17, 15) is 0 Å². The van der Waals surface area contributed by atoms with Crippen molar-refractivity contribution < 1.29 is 0 Å². The molecule has 0 aliphatic heterocycles. The molecule has 1 aromatic rings. The van der Waals surface area contributed by atoms with Crippen LogP contribution in [0.4, 0.5) is 0 Å². The third kappa shape index (κ3) is 2.42. The maximum atomic E-state index is 5.97. The molecule has 2 unspecified atom stereocenters. The minimum atomic E-state index is 0.375. The van der Waals surface area contributed by atoms with Crippen LogP contribution in [0, 0.1) is 0 Å². The lowest BCUT2D eigenvalue weighted by Crippen LogP contribution is -2.35. The smallest absolute Gasteiger partial charge is 0.0408 e. The van der Waals surface area contributed by atoms with Gasteiger partial charge >= 0.3 is 0 Å². The number of fused-ring (bicyclic) bond motifs is 1. The Morgan fingerprint density at radius 2 is 2.20 bits per heavy atom. The molecule has 15 heavy (non-hydrogen) atoms. The quantitative estimate of drug-likeness (QED) is 0.774. The standard InChI is InChI=1S/C13H16ClN/c1-3-9(2)15-13-7-10-4-5-12(14)6-11(10)8-13/h3-6,9,13,15H,1,7-8H2,2H3. The van der Waals surface area contributed by atoms with E-state index in [-0.39, 0.29) is 0 Å². The minimum Gasteiger partial charge on any atom is -0.307 e. The van der Waals surface area contributed by atoms with Crippen LogP contribution in [0.1, 0.15) is 18.1 Å². The van der Waals surface area contributed by atoms with Gasteiger partial charge in [0.25, 0.3) is 0 Å². The Morgan fingerprint density at radius 1 is 1.47 bits per heavy atom. The highest BCUT2D eigenvalue weighted by Crippen LogP contribution is 2.25. The number of halogens is 1. The summed E-state index contributed by atoms with van der Waals surface area (Å²) in [6.07, 6.45) is 4.12. The van der Waals surface area contributed by atoms with Crippen LogP contribution >= 0.6 is 11.6 Å². The second-order valence-electron chi connectivity index (χ2n) is 4.21. The number of benzene rings is 1. The summed E-state index contributed by atoms with van der Waals surface area (Å²) >= 11 is 5.97. The van der Waals surface area contributed by atoms with E-state index in [0.717, 1.165) is 17.9 Å². The van der Waals surface area contributed by atoms with Gasteiger partial charge in [-0.3, -0.25) is 0 Å². The normalized spacial score (nSPS) is 21.1. The second-order valence-corrected chi connectivity index (χ2v) is 4.65. The fraction of sp³-hybridized carbons (Fsp3) is 0.385. The average molecular weight is 222 g/mol. The van der Waals surface area contributed by atoms with E-state index >= 15 is 0 Å². The Labute approximate surface area is 96.1 Å². The highest BCUT2D eigenvalue weighted by Gasteiger charge is 2.21. The summed E-state index contributed by atoms with van der Waals surface area (Å²) in [7, 11) is 0. The molecule has 0 fully saturated rings. The Kier molecular flexibility index (Phi) is 3.13. The van der Waals surface area contributed by atoms with Crippen molar-refractivity contribution in [2.45, 2.75) is 31.8 Å². The van der Waals surface area contributed by atoms with Gasteiger partial charge in [0.05, 0.1) is 0 Å². The molecule has 1 nitrogen and oxygen atoms in total. The summed E-state index contributed by atoms with van der Waals surface area (Å²) in [6, 6.07) is 7.10. The summed E-state index contributed by atoms with van der Waals surface area (Å²) in [4.78, 5) is 0. The number of hydrogen-bond donors (Lipinski definition) is 1. The van der Waals surface area contributed by atoms with Gasteiger partial charge in [-0.15, -0.1) is 6.58 Å². The van der Waals surface area contributed by atoms with Gasteiger partial charge in [0.15, 0.2) is 0 Å². The molecular weight excluding hydrogens is 206 g/mol. The summed E-state index contributed by atoms with van der Waals surface area (Å²) in [5.74, 6) is 0. The fourth-order valence-corrected chi connectivity index (χ4v) is 2.34. The van der Waals surface area contributed by atoms with Gasteiger partial charge in [0.1, 0.15) is 0 Å². The number of nitrogens with one attached hydrogen (secondary N) is 1. The molecule has 80 valence electrons. The molecule has 0 saturated heterocycles.